The zero-order valence-corrected chi connectivity index (χ0v) is 22.1. The molecule has 0 aromatic heterocycles. The van der Waals surface area contributed by atoms with Crippen LogP contribution in [0.25, 0.3) is 0 Å². The first-order valence-corrected chi connectivity index (χ1v) is 12.5. The van der Waals surface area contributed by atoms with Crippen molar-refractivity contribution in [2.75, 3.05) is 10.6 Å². The molecule has 0 spiro atoms. The van der Waals surface area contributed by atoms with Crippen LogP contribution in [0.3, 0.4) is 0 Å². The number of hydrogen-bond acceptors (Lipinski definition) is 6. The maximum absolute atomic E-state index is 13.7. The first-order valence-electron chi connectivity index (χ1n) is 11.7. The third-order valence-corrected chi connectivity index (χ3v) is 5.82. The number of carbonyl (C=O) groups is 4. The summed E-state index contributed by atoms with van der Waals surface area (Å²) >= 11 is 3.33. The molecule has 11 heteroatoms. The minimum atomic E-state index is -1.06. The minimum absolute atomic E-state index is 0.141. The average Bonchev–Trinajstić information content (AvgIpc) is 2.95. The number of para-hydroxylation sites is 1. The Labute approximate surface area is 236 Å². The summed E-state index contributed by atoms with van der Waals surface area (Å²) < 4.78 is 19.7. The molecule has 40 heavy (non-hydrogen) atoms. The Hall–Kier alpha value is -5.16. The number of benzene rings is 4. The van der Waals surface area contributed by atoms with Gasteiger partial charge in [0.15, 0.2) is 0 Å². The van der Waals surface area contributed by atoms with Crippen LogP contribution in [0.2, 0.25) is 0 Å². The fourth-order valence-corrected chi connectivity index (χ4v) is 3.59. The van der Waals surface area contributed by atoms with Gasteiger partial charge in [-0.2, -0.15) is 5.10 Å². The number of ether oxygens (including phenoxy) is 1. The molecule has 0 aliphatic carbocycles. The van der Waals surface area contributed by atoms with E-state index in [1.807, 2.05) is 0 Å². The fourth-order valence-electron chi connectivity index (χ4n) is 3.33. The summed E-state index contributed by atoms with van der Waals surface area (Å²) in [5, 5.41) is 8.88. The van der Waals surface area contributed by atoms with E-state index in [-0.39, 0.29) is 22.6 Å². The zero-order valence-electron chi connectivity index (χ0n) is 20.6. The van der Waals surface area contributed by atoms with Gasteiger partial charge in [-0.1, -0.05) is 40.2 Å². The SMILES string of the molecule is O=C(NN=Cc1ccc(OC(=O)c2ccccc2F)cc1)C(=O)Nc1ccccc1C(=O)Nc1ccc(Br)cc1. The highest BCUT2D eigenvalue weighted by Gasteiger charge is 2.18. The molecule has 0 heterocycles. The molecular weight excluding hydrogens is 583 g/mol. The van der Waals surface area contributed by atoms with Crippen LogP contribution in [-0.2, 0) is 9.59 Å². The first-order chi connectivity index (χ1) is 19.3. The number of halogens is 2. The Morgan fingerprint density at radius 2 is 1.40 bits per heavy atom. The molecule has 0 aliphatic rings. The van der Waals surface area contributed by atoms with Crippen molar-refractivity contribution in [3.8, 4) is 5.75 Å². The molecule has 3 N–H and O–H groups in total. The third-order valence-electron chi connectivity index (χ3n) is 5.29. The fraction of sp³-hybridized carbons (Fsp3) is 0. The third kappa shape index (κ3) is 7.45. The molecule has 200 valence electrons. The summed E-state index contributed by atoms with van der Waals surface area (Å²) in [6.07, 6.45) is 1.27. The Bertz CT molecular complexity index is 1590. The van der Waals surface area contributed by atoms with E-state index in [1.165, 1.54) is 48.7 Å². The molecule has 0 unspecified atom stereocenters. The number of nitrogens with zero attached hydrogens (tertiary/aromatic N) is 1. The second-order valence-corrected chi connectivity index (χ2v) is 9.01. The number of hydrazone groups is 1. The van der Waals surface area contributed by atoms with E-state index in [0.717, 1.165) is 10.5 Å². The number of amides is 3. The van der Waals surface area contributed by atoms with Crippen molar-refractivity contribution in [3.05, 3.63) is 124 Å². The van der Waals surface area contributed by atoms with Gasteiger partial charge < -0.3 is 15.4 Å². The van der Waals surface area contributed by atoms with Crippen LogP contribution in [0, 0.1) is 5.82 Å². The largest absolute Gasteiger partial charge is 0.423 e. The van der Waals surface area contributed by atoms with Crippen LogP contribution in [-0.4, -0.2) is 29.9 Å². The van der Waals surface area contributed by atoms with Gasteiger partial charge in [0.25, 0.3) is 5.91 Å². The Morgan fingerprint density at radius 1 is 0.750 bits per heavy atom. The van der Waals surface area contributed by atoms with Crippen molar-refractivity contribution < 1.29 is 28.3 Å². The monoisotopic (exact) mass is 602 g/mol. The lowest BCUT2D eigenvalue weighted by Gasteiger charge is -2.11. The molecule has 3 amide bonds. The second-order valence-electron chi connectivity index (χ2n) is 8.10. The van der Waals surface area contributed by atoms with Crippen LogP contribution in [0.15, 0.2) is 107 Å². The Morgan fingerprint density at radius 3 is 2.10 bits per heavy atom. The van der Waals surface area contributed by atoms with E-state index >= 15 is 0 Å². The van der Waals surface area contributed by atoms with Gasteiger partial charge in [-0.05, 0) is 78.4 Å². The van der Waals surface area contributed by atoms with Crippen LogP contribution < -0.4 is 20.8 Å². The maximum atomic E-state index is 13.7. The summed E-state index contributed by atoms with van der Waals surface area (Å²) in [5.41, 5.74) is 3.28. The van der Waals surface area contributed by atoms with Gasteiger partial charge in [0.05, 0.1) is 23.0 Å². The van der Waals surface area contributed by atoms with E-state index in [1.54, 1.807) is 48.5 Å². The zero-order chi connectivity index (χ0) is 28.5. The van der Waals surface area contributed by atoms with E-state index in [9.17, 15) is 23.6 Å². The molecule has 0 aliphatic heterocycles. The highest BCUT2D eigenvalue weighted by atomic mass is 79.9. The molecule has 0 fully saturated rings. The summed E-state index contributed by atoms with van der Waals surface area (Å²) in [4.78, 5) is 49.5. The molecule has 9 nitrogen and oxygen atoms in total. The Balaban J connectivity index is 1.31. The lowest BCUT2D eigenvalue weighted by atomic mass is 10.1. The van der Waals surface area contributed by atoms with Gasteiger partial charge in [-0.3, -0.25) is 14.4 Å². The number of rotatable bonds is 7. The molecule has 0 radical (unpaired) electrons. The van der Waals surface area contributed by atoms with Crippen molar-refractivity contribution >= 4 is 57.2 Å². The van der Waals surface area contributed by atoms with Crippen LogP contribution in [0.5, 0.6) is 5.75 Å². The smallest absolute Gasteiger partial charge is 0.346 e. The Kier molecular flexibility index (Phi) is 9.11. The van der Waals surface area contributed by atoms with Crippen molar-refractivity contribution in [1.29, 1.82) is 0 Å². The van der Waals surface area contributed by atoms with Gasteiger partial charge in [0.1, 0.15) is 11.6 Å². The van der Waals surface area contributed by atoms with E-state index in [2.05, 4.69) is 37.1 Å². The standard InChI is InChI=1S/C29H20BrFN4O5/c30-19-11-13-20(14-12-19)33-26(36)23-6-2-4-8-25(23)34-27(37)28(38)35-32-17-18-9-15-21(16-10-18)40-29(39)22-5-1-3-7-24(22)31/h1-17H,(H,33,36)(H,34,37)(H,35,38). The maximum Gasteiger partial charge on any atom is 0.346 e. The van der Waals surface area contributed by atoms with Crippen molar-refractivity contribution in [2.45, 2.75) is 0 Å². The average molecular weight is 603 g/mol. The minimum Gasteiger partial charge on any atom is -0.423 e. The predicted octanol–water partition coefficient (Wildman–Crippen LogP) is 5.15. The van der Waals surface area contributed by atoms with Crippen LogP contribution in [0.4, 0.5) is 15.8 Å². The first kappa shape index (κ1) is 27.9. The van der Waals surface area contributed by atoms with Gasteiger partial charge in [0.2, 0.25) is 0 Å². The number of hydrogen-bond donors (Lipinski definition) is 3. The molecule has 4 rings (SSSR count). The van der Waals surface area contributed by atoms with E-state index in [4.69, 9.17) is 4.74 Å². The highest BCUT2D eigenvalue weighted by Crippen LogP contribution is 2.19. The van der Waals surface area contributed by atoms with Crippen LogP contribution >= 0.6 is 15.9 Å². The summed E-state index contributed by atoms with van der Waals surface area (Å²) in [6, 6.07) is 24.7. The van der Waals surface area contributed by atoms with Crippen molar-refractivity contribution in [3.63, 3.8) is 0 Å². The lowest BCUT2D eigenvalue weighted by molar-refractivity contribution is -0.136. The van der Waals surface area contributed by atoms with Crippen LogP contribution in [0.1, 0.15) is 26.3 Å². The van der Waals surface area contributed by atoms with E-state index < -0.39 is 29.5 Å². The van der Waals surface area contributed by atoms with Gasteiger partial charge in [0, 0.05) is 10.2 Å². The number of anilines is 2. The van der Waals surface area contributed by atoms with Crippen molar-refractivity contribution in [2.24, 2.45) is 5.10 Å². The van der Waals surface area contributed by atoms with Crippen molar-refractivity contribution in [1.82, 2.24) is 5.43 Å². The summed E-state index contributed by atoms with van der Waals surface area (Å²) in [7, 11) is 0. The normalized spacial score (nSPS) is 10.6. The lowest BCUT2D eigenvalue weighted by Crippen LogP contribution is -2.33. The molecule has 4 aromatic rings. The van der Waals surface area contributed by atoms with Gasteiger partial charge in [-0.15, -0.1) is 0 Å². The summed E-state index contributed by atoms with van der Waals surface area (Å²) in [5.74, 6) is -3.92. The van der Waals surface area contributed by atoms with E-state index in [0.29, 0.717) is 11.3 Å². The number of esters is 1. The second kappa shape index (κ2) is 13.1. The molecular formula is C29H20BrFN4O5. The summed E-state index contributed by atoms with van der Waals surface area (Å²) in [6.45, 7) is 0. The number of carbonyl (C=O) groups excluding carboxylic acids is 4. The van der Waals surface area contributed by atoms with Gasteiger partial charge >= 0.3 is 17.8 Å². The molecule has 0 bridgehead atoms. The molecule has 4 aromatic carbocycles. The molecule has 0 saturated heterocycles. The molecule has 0 saturated carbocycles. The topological polar surface area (TPSA) is 126 Å². The predicted molar refractivity (Wildman–Crippen MR) is 151 cm³/mol. The highest BCUT2D eigenvalue weighted by molar-refractivity contribution is 9.10. The molecule has 0 atom stereocenters. The number of nitrogens with one attached hydrogen (secondary N) is 3. The van der Waals surface area contributed by atoms with Gasteiger partial charge in [-0.25, -0.2) is 14.6 Å². The quantitative estimate of drug-likeness (QED) is 0.0886.